The molecular weight excluding hydrogens is 134 g/mol. The van der Waals surface area contributed by atoms with Gasteiger partial charge in [0.25, 0.3) is 0 Å². The van der Waals surface area contributed by atoms with E-state index in [4.69, 9.17) is 4.74 Å². The molecule has 1 rings (SSSR count). The Morgan fingerprint density at radius 3 is 2.80 bits per heavy atom. The van der Waals surface area contributed by atoms with Crippen LogP contribution in [0.2, 0.25) is 0 Å². The quantitative estimate of drug-likeness (QED) is 0.411. The molecule has 0 aromatic heterocycles. The Morgan fingerprint density at radius 2 is 2.40 bits per heavy atom. The van der Waals surface area contributed by atoms with E-state index in [1.807, 2.05) is 0 Å². The maximum absolute atomic E-state index is 10.6. The molecule has 1 amide bonds. The Hall–Kier alpha value is -0.900. The summed E-state index contributed by atoms with van der Waals surface area (Å²) in [5.74, 6) is -0.219. The molecule has 0 saturated carbocycles. The molecule has 1 heterocycles. The molecule has 0 spiro atoms. The number of ether oxygens (including phenoxy) is 1. The van der Waals surface area contributed by atoms with Crippen LogP contribution in [0.1, 0.15) is 6.42 Å². The third kappa shape index (κ3) is 1.80. The lowest BCUT2D eigenvalue weighted by molar-refractivity contribution is -0.127. The lowest BCUT2D eigenvalue weighted by Crippen LogP contribution is -2.48. The van der Waals surface area contributed by atoms with Crippen molar-refractivity contribution in [1.29, 1.82) is 0 Å². The average Bonchev–Trinajstić information content (AvgIpc) is 1.80. The molecule has 4 nitrogen and oxygen atoms in total. The van der Waals surface area contributed by atoms with Crippen molar-refractivity contribution in [2.24, 2.45) is 0 Å². The van der Waals surface area contributed by atoms with Crippen LogP contribution in [0.4, 0.5) is 0 Å². The fourth-order valence-electron chi connectivity index (χ4n) is 0.681. The van der Waals surface area contributed by atoms with Crippen LogP contribution in [0.25, 0.3) is 0 Å². The highest BCUT2D eigenvalue weighted by atomic mass is 16.5. The Kier molecular flexibility index (Phi) is 2.39. The molecule has 0 atom stereocenters. The summed E-state index contributed by atoms with van der Waals surface area (Å²) in [4.78, 5) is 20.5. The molecule has 0 radical (unpaired) electrons. The van der Waals surface area contributed by atoms with Gasteiger partial charge in [-0.05, 0) is 0 Å². The normalized spacial score (nSPS) is 17.6. The van der Waals surface area contributed by atoms with Crippen molar-refractivity contribution in [3.63, 3.8) is 0 Å². The predicted octanol–water partition coefficient (Wildman–Crippen LogP) is -0.910. The van der Waals surface area contributed by atoms with Crippen LogP contribution in [0, 0.1) is 0 Å². The number of amides is 1. The molecule has 0 bridgehead atoms. The van der Waals surface area contributed by atoms with E-state index in [0.29, 0.717) is 19.5 Å². The minimum absolute atomic E-state index is 0.0451. The minimum Gasteiger partial charge on any atom is -0.377 e. The molecule has 1 saturated heterocycles. The average molecular weight is 143 g/mol. The van der Waals surface area contributed by atoms with Crippen molar-refractivity contribution in [3.8, 4) is 0 Å². The van der Waals surface area contributed by atoms with E-state index in [1.54, 1.807) is 0 Å². The minimum atomic E-state index is -0.219. The Morgan fingerprint density at radius 1 is 1.70 bits per heavy atom. The number of carbonyl (C=O) groups is 2. The van der Waals surface area contributed by atoms with Gasteiger partial charge in [0, 0.05) is 0 Å². The standard InChI is InChI=1S/C6H9NO3/c8-2-1-6(9)7-5-3-10-4-5/h2,5H,1,3-4H2,(H,7,9). The van der Waals surface area contributed by atoms with Crippen LogP contribution in [-0.2, 0) is 14.3 Å². The highest BCUT2D eigenvalue weighted by Gasteiger charge is 2.19. The van der Waals surface area contributed by atoms with Crippen molar-refractivity contribution in [2.75, 3.05) is 13.2 Å². The molecule has 1 aliphatic rings. The van der Waals surface area contributed by atoms with Gasteiger partial charge < -0.3 is 14.8 Å². The summed E-state index contributed by atoms with van der Waals surface area (Å²) in [5.41, 5.74) is 0. The molecule has 1 N–H and O–H groups in total. The molecular formula is C6H9NO3. The second-order valence-corrected chi connectivity index (χ2v) is 2.17. The van der Waals surface area contributed by atoms with E-state index in [0.717, 1.165) is 0 Å². The summed E-state index contributed by atoms with van der Waals surface area (Å²) < 4.78 is 4.81. The third-order valence-corrected chi connectivity index (χ3v) is 1.27. The fraction of sp³-hybridized carbons (Fsp3) is 0.667. The predicted molar refractivity (Wildman–Crippen MR) is 33.4 cm³/mol. The molecule has 56 valence electrons. The number of rotatable bonds is 3. The number of hydrogen-bond donors (Lipinski definition) is 1. The zero-order chi connectivity index (χ0) is 7.40. The van der Waals surface area contributed by atoms with Gasteiger partial charge in [0.05, 0.1) is 25.7 Å². The van der Waals surface area contributed by atoms with E-state index in [-0.39, 0.29) is 18.4 Å². The molecule has 4 heteroatoms. The van der Waals surface area contributed by atoms with E-state index in [9.17, 15) is 9.59 Å². The second-order valence-electron chi connectivity index (χ2n) is 2.17. The number of nitrogens with one attached hydrogen (secondary N) is 1. The summed E-state index contributed by atoms with van der Waals surface area (Å²) in [5, 5.41) is 2.62. The van der Waals surface area contributed by atoms with Crippen LogP contribution in [-0.4, -0.2) is 31.4 Å². The molecule has 0 aliphatic carbocycles. The van der Waals surface area contributed by atoms with Crippen molar-refractivity contribution in [1.82, 2.24) is 5.32 Å². The van der Waals surface area contributed by atoms with Gasteiger partial charge >= 0.3 is 0 Å². The summed E-state index contributed by atoms with van der Waals surface area (Å²) >= 11 is 0. The molecule has 0 aromatic carbocycles. The fourth-order valence-corrected chi connectivity index (χ4v) is 0.681. The third-order valence-electron chi connectivity index (χ3n) is 1.27. The maximum atomic E-state index is 10.6. The van der Waals surface area contributed by atoms with E-state index in [1.165, 1.54) is 0 Å². The Balaban J connectivity index is 2.10. The summed E-state index contributed by atoms with van der Waals surface area (Å²) in [7, 11) is 0. The topological polar surface area (TPSA) is 55.4 Å². The van der Waals surface area contributed by atoms with Crippen molar-refractivity contribution in [3.05, 3.63) is 0 Å². The molecule has 0 unspecified atom stereocenters. The summed E-state index contributed by atoms with van der Waals surface area (Å²) in [6.45, 7) is 1.15. The van der Waals surface area contributed by atoms with Crippen molar-refractivity contribution < 1.29 is 14.3 Å². The van der Waals surface area contributed by atoms with E-state index < -0.39 is 0 Å². The largest absolute Gasteiger partial charge is 0.377 e. The Labute approximate surface area is 58.5 Å². The van der Waals surface area contributed by atoms with Crippen LogP contribution < -0.4 is 5.32 Å². The van der Waals surface area contributed by atoms with Crippen LogP contribution >= 0.6 is 0 Å². The first-order valence-corrected chi connectivity index (χ1v) is 3.13. The number of aldehydes is 1. The number of hydrogen-bond acceptors (Lipinski definition) is 3. The van der Waals surface area contributed by atoms with Crippen molar-refractivity contribution >= 4 is 12.2 Å². The number of carbonyl (C=O) groups excluding carboxylic acids is 2. The van der Waals surface area contributed by atoms with Gasteiger partial charge in [0.2, 0.25) is 5.91 Å². The highest BCUT2D eigenvalue weighted by molar-refractivity contribution is 5.88. The van der Waals surface area contributed by atoms with Crippen molar-refractivity contribution in [2.45, 2.75) is 12.5 Å². The molecule has 1 aliphatic heterocycles. The lowest BCUT2D eigenvalue weighted by Gasteiger charge is -2.26. The molecule has 0 aromatic rings. The summed E-state index contributed by atoms with van der Waals surface area (Å²) in [6.07, 6.45) is 0.547. The van der Waals surface area contributed by atoms with Gasteiger partial charge in [-0.25, -0.2) is 0 Å². The van der Waals surface area contributed by atoms with Gasteiger partial charge in [0.1, 0.15) is 6.29 Å². The Bertz CT molecular complexity index is 142. The van der Waals surface area contributed by atoms with E-state index >= 15 is 0 Å². The van der Waals surface area contributed by atoms with Crippen LogP contribution in [0.15, 0.2) is 0 Å². The monoisotopic (exact) mass is 143 g/mol. The first-order valence-electron chi connectivity index (χ1n) is 3.13. The van der Waals surface area contributed by atoms with Gasteiger partial charge in [-0.3, -0.25) is 4.79 Å². The second kappa shape index (κ2) is 3.31. The van der Waals surface area contributed by atoms with Gasteiger partial charge in [0.15, 0.2) is 0 Å². The van der Waals surface area contributed by atoms with Gasteiger partial charge in [-0.2, -0.15) is 0 Å². The first kappa shape index (κ1) is 7.21. The van der Waals surface area contributed by atoms with E-state index in [2.05, 4.69) is 5.32 Å². The maximum Gasteiger partial charge on any atom is 0.227 e. The zero-order valence-electron chi connectivity index (χ0n) is 5.50. The zero-order valence-corrected chi connectivity index (χ0v) is 5.50. The first-order chi connectivity index (χ1) is 4.83. The SMILES string of the molecule is O=CCC(=O)NC1COC1. The molecule has 10 heavy (non-hydrogen) atoms. The highest BCUT2D eigenvalue weighted by Crippen LogP contribution is 1.98. The molecule has 1 fully saturated rings. The van der Waals surface area contributed by atoms with Crippen LogP contribution in [0.3, 0.4) is 0 Å². The summed E-state index contributed by atoms with van der Waals surface area (Å²) in [6, 6.07) is 0.132. The van der Waals surface area contributed by atoms with Gasteiger partial charge in [-0.1, -0.05) is 0 Å². The van der Waals surface area contributed by atoms with Gasteiger partial charge in [-0.15, -0.1) is 0 Å². The lowest BCUT2D eigenvalue weighted by atomic mass is 10.2. The smallest absolute Gasteiger partial charge is 0.227 e. The van der Waals surface area contributed by atoms with Crippen LogP contribution in [0.5, 0.6) is 0 Å².